The smallest absolute Gasteiger partial charge is 0.129 e. The largest absolute Gasteiger partial charge is 0.130 e. The van der Waals surface area contributed by atoms with Gasteiger partial charge < -0.3 is 0 Å². The Hall–Kier alpha value is -0.713. The molecule has 16 heavy (non-hydrogen) atoms. The van der Waals surface area contributed by atoms with Crippen molar-refractivity contribution in [1.29, 1.82) is 0 Å². The second kappa shape index (κ2) is 5.08. The quantitative estimate of drug-likeness (QED) is 0.421. The maximum Gasteiger partial charge on any atom is 0.129 e. The summed E-state index contributed by atoms with van der Waals surface area (Å²) in [5, 5.41) is 0. The highest BCUT2D eigenvalue weighted by Crippen LogP contribution is 2.20. The van der Waals surface area contributed by atoms with Crippen LogP contribution >= 0.6 is 11.6 Å². The number of rotatable bonds is 2. The van der Waals surface area contributed by atoms with Crippen LogP contribution in [0.4, 0.5) is 0 Å². The molecule has 0 fully saturated rings. The molecule has 0 N–H and O–H groups in total. The van der Waals surface area contributed by atoms with Crippen LogP contribution in [-0.2, 0) is 6.42 Å². The molecular weight excluding hydrogens is 232 g/mol. The average molecular weight is 251 g/mol. The van der Waals surface area contributed by atoms with E-state index in [1.54, 1.807) is 0 Å². The lowest BCUT2D eigenvalue weighted by molar-refractivity contribution is 0.795. The molecule has 0 nitrogen and oxygen atoms in total. The Morgan fingerprint density at radius 2 is 1.75 bits per heavy atom. The van der Waals surface area contributed by atoms with Crippen LogP contribution in [0.3, 0.4) is 0 Å². The zero-order chi connectivity index (χ0) is 12.2. The Kier molecular flexibility index (Phi) is 4.24. The standard InChI is InChI=1S/C14H19ClSi/c1-14(15,10-11-16(2,3)4)12-13-8-6-5-7-9-13/h5-9H,12H2,1-4H3. The summed E-state index contributed by atoms with van der Waals surface area (Å²) in [6, 6.07) is 10.3. The van der Waals surface area contributed by atoms with Crippen LogP contribution < -0.4 is 0 Å². The van der Waals surface area contributed by atoms with E-state index in [1.165, 1.54) is 5.56 Å². The van der Waals surface area contributed by atoms with Crippen LogP contribution in [0.5, 0.6) is 0 Å². The van der Waals surface area contributed by atoms with Gasteiger partial charge in [-0.2, -0.15) is 0 Å². The van der Waals surface area contributed by atoms with Crippen molar-refractivity contribution >= 4 is 19.7 Å². The molecule has 2 heteroatoms. The highest BCUT2D eigenvalue weighted by atomic mass is 35.5. The summed E-state index contributed by atoms with van der Waals surface area (Å²) in [6.07, 6.45) is 0.798. The van der Waals surface area contributed by atoms with E-state index in [4.69, 9.17) is 11.6 Å². The third kappa shape index (κ3) is 5.39. The van der Waals surface area contributed by atoms with E-state index in [2.05, 4.69) is 43.2 Å². The first kappa shape index (κ1) is 13.4. The Labute approximate surface area is 105 Å². The van der Waals surface area contributed by atoms with Crippen LogP contribution in [0, 0.1) is 11.5 Å². The molecule has 0 aliphatic heterocycles. The monoisotopic (exact) mass is 250 g/mol. The molecule has 0 radical (unpaired) electrons. The summed E-state index contributed by atoms with van der Waals surface area (Å²) in [5.74, 6) is 3.22. The van der Waals surface area contributed by atoms with Gasteiger partial charge >= 0.3 is 0 Å². The fourth-order valence-corrected chi connectivity index (χ4v) is 2.27. The topological polar surface area (TPSA) is 0 Å². The minimum Gasteiger partial charge on any atom is -0.130 e. The van der Waals surface area contributed by atoms with E-state index in [-0.39, 0.29) is 0 Å². The molecule has 86 valence electrons. The van der Waals surface area contributed by atoms with E-state index in [9.17, 15) is 0 Å². The van der Waals surface area contributed by atoms with Crippen molar-refractivity contribution in [2.24, 2.45) is 0 Å². The third-order valence-corrected chi connectivity index (χ3v) is 3.18. The van der Waals surface area contributed by atoms with Gasteiger partial charge in [0.2, 0.25) is 0 Å². The van der Waals surface area contributed by atoms with Crippen molar-refractivity contribution in [3.05, 3.63) is 35.9 Å². The van der Waals surface area contributed by atoms with Gasteiger partial charge in [0.1, 0.15) is 12.9 Å². The lowest BCUT2D eigenvalue weighted by Gasteiger charge is -2.16. The summed E-state index contributed by atoms with van der Waals surface area (Å²) >= 11 is 6.43. The summed E-state index contributed by atoms with van der Waals surface area (Å²) in [7, 11) is -1.33. The molecule has 0 aliphatic carbocycles. The molecule has 0 saturated heterocycles. The highest BCUT2D eigenvalue weighted by Gasteiger charge is 2.19. The van der Waals surface area contributed by atoms with Crippen molar-refractivity contribution in [2.45, 2.75) is 37.9 Å². The lowest BCUT2D eigenvalue weighted by atomic mass is 10.0. The average Bonchev–Trinajstić information content (AvgIpc) is 2.15. The Morgan fingerprint density at radius 1 is 1.19 bits per heavy atom. The SMILES string of the molecule is CC(Cl)(C#C[Si](C)(C)C)Cc1ccccc1. The first-order chi connectivity index (χ1) is 7.29. The van der Waals surface area contributed by atoms with Gasteiger partial charge in [0.05, 0.1) is 0 Å². The van der Waals surface area contributed by atoms with Gasteiger partial charge in [0.15, 0.2) is 0 Å². The fraction of sp³-hybridized carbons (Fsp3) is 0.429. The van der Waals surface area contributed by atoms with Gasteiger partial charge in [-0.05, 0) is 12.5 Å². The molecule has 1 aromatic rings. The minimum atomic E-state index is -1.33. The fourth-order valence-electron chi connectivity index (χ4n) is 1.34. The van der Waals surface area contributed by atoms with Gasteiger partial charge in [0.25, 0.3) is 0 Å². The molecule has 0 aliphatic rings. The molecular formula is C14H19ClSi. The molecule has 0 aromatic heterocycles. The van der Waals surface area contributed by atoms with Crippen molar-refractivity contribution in [2.75, 3.05) is 0 Å². The lowest BCUT2D eigenvalue weighted by Crippen LogP contribution is -2.22. The highest BCUT2D eigenvalue weighted by molar-refractivity contribution is 6.83. The number of hydrogen-bond donors (Lipinski definition) is 0. The Balaban J connectivity index is 2.75. The second-order valence-electron chi connectivity index (χ2n) is 5.36. The van der Waals surface area contributed by atoms with E-state index < -0.39 is 12.9 Å². The Morgan fingerprint density at radius 3 is 2.25 bits per heavy atom. The molecule has 0 amide bonds. The molecule has 0 saturated carbocycles. The normalized spacial score (nSPS) is 14.8. The minimum absolute atomic E-state index is 0.443. The molecule has 0 spiro atoms. The van der Waals surface area contributed by atoms with Gasteiger partial charge in [-0.3, -0.25) is 0 Å². The van der Waals surface area contributed by atoms with E-state index in [1.807, 2.05) is 25.1 Å². The number of benzene rings is 1. The van der Waals surface area contributed by atoms with E-state index in [0.717, 1.165) is 6.42 Å². The molecule has 1 atom stereocenters. The third-order valence-electron chi connectivity index (χ3n) is 2.08. The van der Waals surface area contributed by atoms with Crippen molar-refractivity contribution in [3.8, 4) is 11.5 Å². The zero-order valence-corrected chi connectivity index (χ0v) is 12.2. The van der Waals surface area contributed by atoms with Crippen molar-refractivity contribution < 1.29 is 0 Å². The van der Waals surface area contributed by atoms with Crippen LogP contribution in [-0.4, -0.2) is 12.9 Å². The second-order valence-corrected chi connectivity index (χ2v) is 10.9. The predicted molar refractivity (Wildman–Crippen MR) is 75.5 cm³/mol. The number of alkyl halides is 1. The number of halogens is 1. The molecule has 1 unspecified atom stereocenters. The summed E-state index contributed by atoms with van der Waals surface area (Å²) in [6.45, 7) is 8.69. The maximum absolute atomic E-state index is 6.43. The van der Waals surface area contributed by atoms with Crippen LogP contribution in [0.15, 0.2) is 30.3 Å². The van der Waals surface area contributed by atoms with Gasteiger partial charge in [-0.25, -0.2) is 0 Å². The zero-order valence-electron chi connectivity index (χ0n) is 10.5. The molecule has 0 heterocycles. The van der Waals surface area contributed by atoms with E-state index >= 15 is 0 Å². The van der Waals surface area contributed by atoms with Crippen molar-refractivity contribution in [1.82, 2.24) is 0 Å². The first-order valence-electron chi connectivity index (χ1n) is 5.56. The first-order valence-corrected chi connectivity index (χ1v) is 9.43. The summed E-state index contributed by atoms with van der Waals surface area (Å²) < 4.78 is 0. The summed E-state index contributed by atoms with van der Waals surface area (Å²) in [4.78, 5) is -0.443. The predicted octanol–water partition coefficient (Wildman–Crippen LogP) is 4.11. The van der Waals surface area contributed by atoms with Crippen LogP contribution in [0.1, 0.15) is 12.5 Å². The maximum atomic E-state index is 6.43. The van der Waals surface area contributed by atoms with Gasteiger partial charge in [-0.1, -0.05) is 55.9 Å². The number of hydrogen-bond acceptors (Lipinski definition) is 0. The summed E-state index contributed by atoms with van der Waals surface area (Å²) in [5.41, 5.74) is 4.58. The molecule has 1 rings (SSSR count). The Bertz CT molecular complexity index is 390. The van der Waals surface area contributed by atoms with Crippen LogP contribution in [0.25, 0.3) is 0 Å². The van der Waals surface area contributed by atoms with Gasteiger partial charge in [-0.15, -0.1) is 17.1 Å². The van der Waals surface area contributed by atoms with E-state index in [0.29, 0.717) is 0 Å². The molecule has 1 aromatic carbocycles. The van der Waals surface area contributed by atoms with Crippen molar-refractivity contribution in [3.63, 3.8) is 0 Å². The van der Waals surface area contributed by atoms with Gasteiger partial charge in [0, 0.05) is 6.42 Å². The van der Waals surface area contributed by atoms with Crippen LogP contribution in [0.2, 0.25) is 19.6 Å². The molecule has 0 bridgehead atoms.